The van der Waals surface area contributed by atoms with Crippen LogP contribution in [-0.2, 0) is 28.7 Å². The molecule has 1 saturated heterocycles. The van der Waals surface area contributed by atoms with Crippen molar-refractivity contribution in [2.45, 2.75) is 70.4 Å². The summed E-state index contributed by atoms with van der Waals surface area (Å²) in [7, 11) is 0. The molecular weight excluding hydrogens is 646 g/mol. The molecule has 3 N–H and O–H groups in total. The van der Waals surface area contributed by atoms with E-state index in [9.17, 15) is 44.7 Å². The van der Waals surface area contributed by atoms with Crippen LogP contribution in [0, 0.1) is 11.3 Å². The molecule has 9 nitrogen and oxygen atoms in total. The van der Waals surface area contributed by atoms with Crippen molar-refractivity contribution in [1.82, 2.24) is 25.6 Å². The third kappa shape index (κ3) is 8.11. The number of aromatic amines is 1. The Hall–Kier alpha value is -4.02. The van der Waals surface area contributed by atoms with Crippen molar-refractivity contribution in [3.05, 3.63) is 52.3 Å². The second-order valence-corrected chi connectivity index (χ2v) is 12.1. The highest BCUT2D eigenvalue weighted by molar-refractivity contribution is 5.99. The number of nitrogens with zero attached hydrogens (tertiary/aromatic N) is 2. The fraction of sp³-hybridized carbons (Fsp3) is 0.533. The van der Waals surface area contributed by atoms with Crippen molar-refractivity contribution in [2.24, 2.45) is 11.3 Å². The van der Waals surface area contributed by atoms with Crippen LogP contribution in [0.15, 0.2) is 24.3 Å². The van der Waals surface area contributed by atoms with Gasteiger partial charge in [-0.25, -0.2) is 13.8 Å². The summed E-state index contributed by atoms with van der Waals surface area (Å²) < 4.78 is 117. The first-order valence-electron chi connectivity index (χ1n) is 14.7. The average molecular weight is 678 g/mol. The molecule has 2 fully saturated rings. The third-order valence-corrected chi connectivity index (χ3v) is 8.28. The van der Waals surface area contributed by atoms with Crippen molar-refractivity contribution >= 4 is 23.0 Å². The van der Waals surface area contributed by atoms with E-state index in [-0.39, 0.29) is 85.9 Å². The predicted octanol–water partition coefficient (Wildman–Crippen LogP) is 5.72. The number of rotatable bonds is 10. The van der Waals surface area contributed by atoms with Crippen molar-refractivity contribution in [2.75, 3.05) is 19.8 Å². The quantitative estimate of drug-likeness (QED) is 0.237. The number of nitrogens with one attached hydrogen (secondary N) is 3. The number of hydrogen-bond acceptors (Lipinski definition) is 6. The number of carbonyl (C=O) groups is 2. The molecule has 2 amide bonds. The molecule has 47 heavy (non-hydrogen) atoms. The average Bonchev–Trinajstić information content (AvgIpc) is 3.37. The van der Waals surface area contributed by atoms with Crippen LogP contribution in [0.1, 0.15) is 65.5 Å². The molecule has 3 heterocycles. The molecule has 0 radical (unpaired) electrons. The van der Waals surface area contributed by atoms with Crippen molar-refractivity contribution < 1.29 is 54.2 Å². The van der Waals surface area contributed by atoms with E-state index in [1.807, 2.05) is 0 Å². The summed E-state index contributed by atoms with van der Waals surface area (Å²) in [5, 5.41) is 5.31. The molecule has 0 unspecified atom stereocenters. The van der Waals surface area contributed by atoms with Crippen LogP contribution in [0.25, 0.3) is 11.2 Å². The van der Waals surface area contributed by atoms with Crippen LogP contribution < -0.4 is 15.4 Å². The number of benzene rings is 1. The number of halogens is 8. The van der Waals surface area contributed by atoms with E-state index >= 15 is 0 Å². The lowest BCUT2D eigenvalue weighted by Crippen LogP contribution is -2.51. The van der Waals surface area contributed by atoms with Crippen LogP contribution in [0.3, 0.4) is 0 Å². The van der Waals surface area contributed by atoms with Crippen molar-refractivity contribution in [3.63, 3.8) is 0 Å². The lowest BCUT2D eigenvalue weighted by atomic mass is 9.85. The number of aromatic nitrogens is 3. The molecule has 1 aliphatic carbocycles. The first-order chi connectivity index (χ1) is 22.0. The summed E-state index contributed by atoms with van der Waals surface area (Å²) in [5.41, 5.74) is -1.78. The predicted molar refractivity (Wildman–Crippen MR) is 150 cm³/mol. The SMILES string of the molecule is CC1(C(=O)NCc2ccc(C(F)(F)F)c(Cc3nc4nc(OCC(F)F)c(C(=O)NC5CCC(C(F)(F)F)CC5)cc4[nH]3)c2)COC1. The van der Waals surface area contributed by atoms with Gasteiger partial charge in [-0.2, -0.15) is 31.3 Å². The first kappa shape index (κ1) is 34.3. The number of imidazole rings is 1. The summed E-state index contributed by atoms with van der Waals surface area (Å²) >= 11 is 0. The Morgan fingerprint density at radius 1 is 1.06 bits per heavy atom. The lowest BCUT2D eigenvalue weighted by Gasteiger charge is -2.36. The number of hydrogen-bond donors (Lipinski definition) is 3. The summed E-state index contributed by atoms with van der Waals surface area (Å²) in [6.07, 6.45) is -12.7. The minimum absolute atomic E-state index is 0.00107. The fourth-order valence-electron chi connectivity index (χ4n) is 5.60. The number of alkyl halides is 8. The number of amides is 2. The van der Waals surface area contributed by atoms with Gasteiger partial charge in [0.1, 0.15) is 11.4 Å². The highest BCUT2D eigenvalue weighted by Gasteiger charge is 2.42. The van der Waals surface area contributed by atoms with Gasteiger partial charge in [0.15, 0.2) is 12.3 Å². The largest absolute Gasteiger partial charge is 0.471 e. The van der Waals surface area contributed by atoms with E-state index in [4.69, 9.17) is 9.47 Å². The van der Waals surface area contributed by atoms with Crippen LogP contribution in [0.5, 0.6) is 5.88 Å². The van der Waals surface area contributed by atoms with E-state index < -0.39 is 60.1 Å². The molecule has 1 aliphatic heterocycles. The van der Waals surface area contributed by atoms with Crippen molar-refractivity contribution in [1.29, 1.82) is 0 Å². The lowest BCUT2D eigenvalue weighted by molar-refractivity contribution is -0.182. The summed E-state index contributed by atoms with van der Waals surface area (Å²) in [4.78, 5) is 36.7. The summed E-state index contributed by atoms with van der Waals surface area (Å²) in [5.74, 6) is -3.12. The van der Waals surface area contributed by atoms with Gasteiger partial charge in [0, 0.05) is 19.0 Å². The van der Waals surface area contributed by atoms with Gasteiger partial charge in [0.05, 0.1) is 35.6 Å². The zero-order chi connectivity index (χ0) is 34.1. The monoisotopic (exact) mass is 677 g/mol. The van der Waals surface area contributed by atoms with Gasteiger partial charge in [0.25, 0.3) is 12.3 Å². The van der Waals surface area contributed by atoms with Gasteiger partial charge in [-0.3, -0.25) is 9.59 Å². The zero-order valence-electron chi connectivity index (χ0n) is 25.0. The highest BCUT2D eigenvalue weighted by Crippen LogP contribution is 2.38. The second-order valence-electron chi connectivity index (χ2n) is 12.1. The fourth-order valence-corrected chi connectivity index (χ4v) is 5.60. The van der Waals surface area contributed by atoms with Crippen LogP contribution in [-0.4, -0.2) is 65.2 Å². The molecule has 5 rings (SSSR count). The molecule has 17 heteroatoms. The zero-order valence-corrected chi connectivity index (χ0v) is 25.0. The van der Waals surface area contributed by atoms with Gasteiger partial charge in [0.2, 0.25) is 11.8 Å². The molecule has 1 aromatic carbocycles. The number of pyridine rings is 1. The molecule has 0 bridgehead atoms. The van der Waals surface area contributed by atoms with Gasteiger partial charge in [-0.1, -0.05) is 12.1 Å². The molecule has 1 saturated carbocycles. The number of carbonyl (C=O) groups excluding carboxylic acids is 2. The van der Waals surface area contributed by atoms with E-state index in [1.165, 1.54) is 18.2 Å². The summed E-state index contributed by atoms with van der Waals surface area (Å²) in [6.45, 7) is 1.01. The van der Waals surface area contributed by atoms with Gasteiger partial charge >= 0.3 is 12.4 Å². The minimum atomic E-state index is -4.72. The standard InChI is InChI=1S/C30H31F8N5O4/c1-28(13-46-14-28)27(45)39-11-15-2-7-20(30(36,37)38)16(8-15)9-23-41-21-10-19(26(43-24(21)42-23)47-12-22(31)32)25(44)40-18-5-3-17(4-6-18)29(33,34)35/h2,7-8,10,17-18,22H,3-6,9,11-14H2,1H3,(H,39,45)(H,40,44)(H,41,42,43). The Kier molecular flexibility index (Phi) is 9.67. The molecule has 0 atom stereocenters. The molecule has 256 valence electrons. The Balaban J connectivity index is 1.38. The van der Waals surface area contributed by atoms with E-state index in [2.05, 4.69) is 25.6 Å². The smallest absolute Gasteiger partial charge is 0.416 e. The Morgan fingerprint density at radius 2 is 1.77 bits per heavy atom. The first-order valence-corrected chi connectivity index (χ1v) is 14.7. The maximum absolute atomic E-state index is 13.9. The van der Waals surface area contributed by atoms with E-state index in [0.29, 0.717) is 5.56 Å². The summed E-state index contributed by atoms with van der Waals surface area (Å²) in [6, 6.07) is 4.01. The van der Waals surface area contributed by atoms with Crippen LogP contribution >= 0.6 is 0 Å². The maximum atomic E-state index is 13.9. The van der Waals surface area contributed by atoms with Crippen molar-refractivity contribution in [3.8, 4) is 5.88 Å². The molecule has 3 aromatic rings. The molecular formula is C30H31F8N5O4. The molecule has 2 aromatic heterocycles. The van der Waals surface area contributed by atoms with Gasteiger partial charge in [-0.15, -0.1) is 0 Å². The Bertz CT molecular complexity index is 1610. The Morgan fingerprint density at radius 3 is 2.36 bits per heavy atom. The van der Waals surface area contributed by atoms with Crippen LogP contribution in [0.2, 0.25) is 0 Å². The van der Waals surface area contributed by atoms with Gasteiger partial charge in [-0.05, 0) is 55.9 Å². The number of H-pyrrole nitrogens is 1. The third-order valence-electron chi connectivity index (χ3n) is 8.28. The number of ether oxygens (including phenoxy) is 2. The van der Waals surface area contributed by atoms with Crippen LogP contribution in [0.4, 0.5) is 35.1 Å². The molecule has 0 spiro atoms. The minimum Gasteiger partial charge on any atom is -0.471 e. The second kappa shape index (κ2) is 13.2. The number of fused-ring (bicyclic) bond motifs is 1. The van der Waals surface area contributed by atoms with Gasteiger partial charge < -0.3 is 25.1 Å². The van der Waals surface area contributed by atoms with E-state index in [1.54, 1.807) is 6.92 Å². The Labute approximate surface area is 262 Å². The molecule has 2 aliphatic rings. The normalized spacial score (nSPS) is 19.8. The highest BCUT2D eigenvalue weighted by atomic mass is 19.4. The maximum Gasteiger partial charge on any atom is 0.416 e. The topological polar surface area (TPSA) is 118 Å². The van der Waals surface area contributed by atoms with E-state index in [0.717, 1.165) is 6.07 Å².